The molecule has 0 saturated carbocycles. The highest BCUT2D eigenvalue weighted by Crippen LogP contribution is 2.32. The predicted octanol–water partition coefficient (Wildman–Crippen LogP) is 4.36. The van der Waals surface area contributed by atoms with Crippen molar-refractivity contribution in [3.63, 3.8) is 0 Å². The number of methoxy groups -OCH3 is 2. The van der Waals surface area contributed by atoms with E-state index in [1.54, 1.807) is 48.5 Å². The highest BCUT2D eigenvalue weighted by atomic mass is 35.5. The largest absolute Gasteiger partial charge is 0.493 e. The second-order valence-corrected chi connectivity index (χ2v) is 6.05. The van der Waals surface area contributed by atoms with E-state index in [9.17, 15) is 4.79 Å². The highest BCUT2D eigenvalue weighted by molar-refractivity contribution is 6.33. The van der Waals surface area contributed by atoms with Crippen molar-refractivity contribution in [3.05, 3.63) is 64.9 Å². The third-order valence-corrected chi connectivity index (χ3v) is 4.27. The number of hydrogen-bond acceptors (Lipinski definition) is 5. The van der Waals surface area contributed by atoms with Crippen LogP contribution in [0.2, 0.25) is 5.02 Å². The van der Waals surface area contributed by atoms with Gasteiger partial charge in [-0.05, 0) is 48.5 Å². The molecule has 0 aliphatic carbocycles. The molecule has 3 rings (SSSR count). The average Bonchev–Trinajstić information content (AvgIpc) is 3.16. The second-order valence-electron chi connectivity index (χ2n) is 5.64. The van der Waals surface area contributed by atoms with Crippen molar-refractivity contribution in [2.45, 2.75) is 6.61 Å². The van der Waals surface area contributed by atoms with Crippen molar-refractivity contribution in [2.24, 2.45) is 0 Å². The molecule has 6 nitrogen and oxygen atoms in total. The smallest absolute Gasteiger partial charge is 0.255 e. The molecular weight excluding hydrogens is 370 g/mol. The molecule has 2 aromatic carbocycles. The lowest BCUT2D eigenvalue weighted by molar-refractivity contribution is 0.102. The first-order chi connectivity index (χ1) is 13.0. The fourth-order valence-electron chi connectivity index (χ4n) is 2.58. The van der Waals surface area contributed by atoms with Gasteiger partial charge in [0.2, 0.25) is 0 Å². The van der Waals surface area contributed by atoms with Crippen LogP contribution in [0.4, 0.5) is 5.69 Å². The van der Waals surface area contributed by atoms with Gasteiger partial charge in [-0.2, -0.15) is 0 Å². The van der Waals surface area contributed by atoms with Gasteiger partial charge in [0.15, 0.2) is 11.5 Å². The zero-order chi connectivity index (χ0) is 19.4. The Morgan fingerprint density at radius 2 is 1.85 bits per heavy atom. The van der Waals surface area contributed by atoms with E-state index in [1.807, 2.05) is 0 Å². The van der Waals surface area contributed by atoms with Gasteiger partial charge in [-0.25, -0.2) is 0 Å². The molecule has 0 atom stereocenters. The number of halogens is 1. The number of anilines is 1. The minimum absolute atomic E-state index is 0.183. The molecule has 3 aromatic rings. The summed E-state index contributed by atoms with van der Waals surface area (Å²) in [7, 11) is 3.04. The Bertz CT molecular complexity index is 967. The highest BCUT2D eigenvalue weighted by Gasteiger charge is 2.13. The summed E-state index contributed by atoms with van der Waals surface area (Å²) in [6, 6.07) is 13.4. The van der Waals surface area contributed by atoms with E-state index >= 15 is 0 Å². The van der Waals surface area contributed by atoms with Crippen LogP contribution in [0.25, 0.3) is 11.3 Å². The summed E-state index contributed by atoms with van der Waals surface area (Å²) >= 11 is 6.32. The van der Waals surface area contributed by atoms with E-state index in [-0.39, 0.29) is 12.5 Å². The van der Waals surface area contributed by atoms with Gasteiger partial charge in [-0.1, -0.05) is 11.6 Å². The molecule has 27 heavy (non-hydrogen) atoms. The number of nitrogens with one attached hydrogen (secondary N) is 1. The number of ether oxygens (including phenoxy) is 2. The lowest BCUT2D eigenvalue weighted by Crippen LogP contribution is -2.12. The number of carbonyl (C=O) groups is 1. The van der Waals surface area contributed by atoms with Gasteiger partial charge in [-0.3, -0.25) is 4.79 Å². The van der Waals surface area contributed by atoms with Crippen LogP contribution in [-0.4, -0.2) is 25.2 Å². The van der Waals surface area contributed by atoms with Crippen LogP contribution in [-0.2, 0) is 6.61 Å². The van der Waals surface area contributed by atoms with E-state index in [0.717, 1.165) is 0 Å². The predicted molar refractivity (Wildman–Crippen MR) is 103 cm³/mol. The lowest BCUT2D eigenvalue weighted by Gasteiger charge is -2.11. The van der Waals surface area contributed by atoms with E-state index in [0.29, 0.717) is 44.9 Å². The van der Waals surface area contributed by atoms with E-state index in [1.165, 1.54) is 14.2 Å². The average molecular weight is 388 g/mol. The molecule has 0 bridgehead atoms. The van der Waals surface area contributed by atoms with Crippen LogP contribution in [0.15, 0.2) is 52.9 Å². The number of rotatable bonds is 6. The third kappa shape index (κ3) is 4.07. The molecule has 0 aliphatic heterocycles. The molecule has 1 amide bonds. The van der Waals surface area contributed by atoms with Gasteiger partial charge in [0.25, 0.3) is 5.91 Å². The normalized spacial score (nSPS) is 10.5. The zero-order valence-electron chi connectivity index (χ0n) is 14.8. The maximum absolute atomic E-state index is 12.5. The molecule has 7 heteroatoms. The maximum Gasteiger partial charge on any atom is 0.255 e. The van der Waals surface area contributed by atoms with Gasteiger partial charge < -0.3 is 24.3 Å². The fraction of sp³-hybridized carbons (Fsp3) is 0.150. The van der Waals surface area contributed by atoms with Gasteiger partial charge >= 0.3 is 0 Å². The minimum atomic E-state index is -0.305. The van der Waals surface area contributed by atoms with Crippen molar-refractivity contribution < 1.29 is 23.8 Å². The maximum atomic E-state index is 12.5. The van der Waals surface area contributed by atoms with Crippen molar-refractivity contribution >= 4 is 23.2 Å². The summed E-state index contributed by atoms with van der Waals surface area (Å²) < 4.78 is 15.9. The number of furan rings is 1. The van der Waals surface area contributed by atoms with Crippen LogP contribution < -0.4 is 14.8 Å². The molecule has 1 aromatic heterocycles. The van der Waals surface area contributed by atoms with Crippen molar-refractivity contribution in [1.82, 2.24) is 0 Å². The van der Waals surface area contributed by atoms with Crippen molar-refractivity contribution in [2.75, 3.05) is 19.5 Å². The minimum Gasteiger partial charge on any atom is -0.493 e. The number of aliphatic hydroxyl groups excluding tert-OH is 1. The number of carbonyl (C=O) groups excluding carboxylic acids is 1. The van der Waals surface area contributed by atoms with Crippen LogP contribution in [0.5, 0.6) is 11.5 Å². The zero-order valence-corrected chi connectivity index (χ0v) is 15.5. The van der Waals surface area contributed by atoms with Gasteiger partial charge in [0.05, 0.1) is 19.2 Å². The molecule has 0 fully saturated rings. The van der Waals surface area contributed by atoms with Crippen molar-refractivity contribution in [3.8, 4) is 22.8 Å². The molecule has 2 N–H and O–H groups in total. The Balaban J connectivity index is 1.79. The lowest BCUT2D eigenvalue weighted by atomic mass is 10.1. The van der Waals surface area contributed by atoms with Crippen LogP contribution in [0, 0.1) is 0 Å². The quantitative estimate of drug-likeness (QED) is 0.656. The number of aliphatic hydroxyl groups is 1. The molecule has 0 saturated heterocycles. The van der Waals surface area contributed by atoms with E-state index in [4.69, 9.17) is 30.6 Å². The molecule has 1 heterocycles. The van der Waals surface area contributed by atoms with E-state index in [2.05, 4.69) is 5.32 Å². The monoisotopic (exact) mass is 387 g/mol. The Morgan fingerprint density at radius 1 is 1.07 bits per heavy atom. The van der Waals surface area contributed by atoms with Crippen LogP contribution in [0.3, 0.4) is 0 Å². The topological polar surface area (TPSA) is 80.9 Å². The SMILES string of the molecule is COc1ccc(C(=O)Nc2ccc(-c3ccc(CO)o3)c(Cl)c2)cc1OC. The Hall–Kier alpha value is -2.96. The van der Waals surface area contributed by atoms with Crippen LogP contribution in [0.1, 0.15) is 16.1 Å². The Kier molecular flexibility index (Phi) is 5.69. The fourth-order valence-corrected chi connectivity index (χ4v) is 2.85. The summed E-state index contributed by atoms with van der Waals surface area (Å²) in [5.41, 5.74) is 1.63. The summed E-state index contributed by atoms with van der Waals surface area (Å²) in [5.74, 6) is 1.70. The molecule has 0 radical (unpaired) electrons. The molecule has 0 unspecified atom stereocenters. The summed E-state index contributed by atoms with van der Waals surface area (Å²) in [6.07, 6.45) is 0. The number of amides is 1. The summed E-state index contributed by atoms with van der Waals surface area (Å²) in [6.45, 7) is -0.183. The molecule has 0 aliphatic rings. The van der Waals surface area contributed by atoms with E-state index < -0.39 is 0 Å². The standard InChI is InChI=1S/C20H18ClNO5/c1-25-18-7-3-12(9-19(18)26-2)20(24)22-13-4-6-15(16(21)10-13)17-8-5-14(11-23)27-17/h3-10,23H,11H2,1-2H3,(H,22,24). The summed E-state index contributed by atoms with van der Waals surface area (Å²) in [4.78, 5) is 12.5. The second kappa shape index (κ2) is 8.16. The van der Waals surface area contributed by atoms with Gasteiger partial charge in [0.1, 0.15) is 18.1 Å². The Labute approximate surface area is 161 Å². The summed E-state index contributed by atoms with van der Waals surface area (Å²) in [5, 5.41) is 12.3. The first-order valence-corrected chi connectivity index (χ1v) is 8.46. The number of hydrogen-bond donors (Lipinski definition) is 2. The Morgan fingerprint density at radius 3 is 2.48 bits per heavy atom. The first kappa shape index (κ1) is 18.8. The van der Waals surface area contributed by atoms with Crippen LogP contribution >= 0.6 is 11.6 Å². The molecular formula is C20H18ClNO5. The van der Waals surface area contributed by atoms with Gasteiger partial charge in [0, 0.05) is 16.8 Å². The van der Waals surface area contributed by atoms with Gasteiger partial charge in [-0.15, -0.1) is 0 Å². The molecule has 0 spiro atoms. The third-order valence-electron chi connectivity index (χ3n) is 3.96. The number of benzene rings is 2. The molecule has 140 valence electrons. The van der Waals surface area contributed by atoms with Crippen molar-refractivity contribution in [1.29, 1.82) is 0 Å². The first-order valence-electron chi connectivity index (χ1n) is 8.08.